The molecule has 0 aliphatic rings. The van der Waals surface area contributed by atoms with Crippen LogP contribution in [0.25, 0.3) is 0 Å². The first-order valence-electron chi connectivity index (χ1n) is 6.10. The van der Waals surface area contributed by atoms with Gasteiger partial charge in [0.2, 0.25) is 0 Å². The van der Waals surface area contributed by atoms with E-state index in [4.69, 9.17) is 15.2 Å². The summed E-state index contributed by atoms with van der Waals surface area (Å²) in [5.41, 5.74) is 6.60. The molecule has 0 amide bonds. The SMILES string of the molecule is CCC(C)(OC)C(N)Cc1ccc(OC)c(F)c1. The monoisotopic (exact) mass is 255 g/mol. The predicted octanol–water partition coefficient (Wildman–Crippen LogP) is 2.52. The van der Waals surface area contributed by atoms with Crippen molar-refractivity contribution in [3.05, 3.63) is 29.6 Å². The third-order valence-electron chi connectivity index (χ3n) is 3.62. The molecule has 2 N–H and O–H groups in total. The first kappa shape index (κ1) is 14.9. The maximum atomic E-state index is 13.6. The summed E-state index contributed by atoms with van der Waals surface area (Å²) in [5, 5.41) is 0. The molecule has 1 rings (SSSR count). The molecule has 0 aliphatic heterocycles. The summed E-state index contributed by atoms with van der Waals surface area (Å²) in [6.45, 7) is 4.00. The quantitative estimate of drug-likeness (QED) is 0.849. The Hall–Kier alpha value is -1.13. The number of rotatable bonds is 6. The molecule has 0 bridgehead atoms. The zero-order valence-corrected chi connectivity index (χ0v) is 11.5. The molecule has 0 spiro atoms. The van der Waals surface area contributed by atoms with Gasteiger partial charge in [-0.2, -0.15) is 0 Å². The number of benzene rings is 1. The molecule has 4 heteroatoms. The predicted molar refractivity (Wildman–Crippen MR) is 70.3 cm³/mol. The Morgan fingerprint density at radius 3 is 2.50 bits per heavy atom. The lowest BCUT2D eigenvalue weighted by molar-refractivity contribution is -0.0184. The van der Waals surface area contributed by atoms with Crippen LogP contribution in [-0.2, 0) is 11.2 Å². The minimum absolute atomic E-state index is 0.180. The van der Waals surface area contributed by atoms with Gasteiger partial charge in [-0.1, -0.05) is 13.0 Å². The van der Waals surface area contributed by atoms with Gasteiger partial charge in [-0.25, -0.2) is 4.39 Å². The average Bonchev–Trinajstić information content (AvgIpc) is 2.38. The second-order valence-corrected chi connectivity index (χ2v) is 4.65. The van der Waals surface area contributed by atoms with Crippen molar-refractivity contribution in [3.8, 4) is 5.75 Å². The van der Waals surface area contributed by atoms with Gasteiger partial charge in [0.25, 0.3) is 0 Å². The number of methoxy groups -OCH3 is 2. The lowest BCUT2D eigenvalue weighted by Crippen LogP contribution is -2.48. The fourth-order valence-electron chi connectivity index (χ4n) is 1.86. The topological polar surface area (TPSA) is 44.5 Å². The molecule has 0 radical (unpaired) electrons. The minimum Gasteiger partial charge on any atom is -0.494 e. The highest BCUT2D eigenvalue weighted by Gasteiger charge is 2.29. The van der Waals surface area contributed by atoms with Crippen LogP contribution < -0.4 is 10.5 Å². The molecule has 18 heavy (non-hydrogen) atoms. The molecule has 0 heterocycles. The van der Waals surface area contributed by atoms with Gasteiger partial charge in [-0.15, -0.1) is 0 Å². The third kappa shape index (κ3) is 3.21. The molecule has 0 aliphatic carbocycles. The van der Waals surface area contributed by atoms with Crippen molar-refractivity contribution in [3.63, 3.8) is 0 Å². The van der Waals surface area contributed by atoms with E-state index in [1.165, 1.54) is 13.2 Å². The molecule has 3 nitrogen and oxygen atoms in total. The van der Waals surface area contributed by atoms with Crippen molar-refractivity contribution in [1.82, 2.24) is 0 Å². The van der Waals surface area contributed by atoms with Crippen LogP contribution in [0.1, 0.15) is 25.8 Å². The van der Waals surface area contributed by atoms with E-state index < -0.39 is 5.60 Å². The van der Waals surface area contributed by atoms with Crippen molar-refractivity contribution in [2.75, 3.05) is 14.2 Å². The van der Waals surface area contributed by atoms with E-state index in [9.17, 15) is 4.39 Å². The molecular formula is C14H22FNO2. The molecular weight excluding hydrogens is 233 g/mol. The summed E-state index contributed by atoms with van der Waals surface area (Å²) in [7, 11) is 3.10. The van der Waals surface area contributed by atoms with Crippen LogP contribution in [0.3, 0.4) is 0 Å². The van der Waals surface area contributed by atoms with Crippen LogP contribution in [-0.4, -0.2) is 25.9 Å². The summed E-state index contributed by atoms with van der Waals surface area (Å²) in [4.78, 5) is 0. The van der Waals surface area contributed by atoms with Gasteiger partial charge in [0.15, 0.2) is 11.6 Å². The molecule has 1 aromatic rings. The molecule has 0 saturated heterocycles. The maximum Gasteiger partial charge on any atom is 0.165 e. The normalized spacial score (nSPS) is 16.1. The van der Waals surface area contributed by atoms with E-state index in [0.29, 0.717) is 6.42 Å². The Labute approximate surface area is 108 Å². The number of halogens is 1. The van der Waals surface area contributed by atoms with Crippen LogP contribution in [0.2, 0.25) is 0 Å². The van der Waals surface area contributed by atoms with Crippen molar-refractivity contribution in [2.45, 2.75) is 38.3 Å². The molecule has 102 valence electrons. The lowest BCUT2D eigenvalue weighted by Gasteiger charge is -2.33. The van der Waals surface area contributed by atoms with Crippen LogP contribution in [0.5, 0.6) is 5.75 Å². The van der Waals surface area contributed by atoms with Gasteiger partial charge in [-0.05, 0) is 37.5 Å². The van der Waals surface area contributed by atoms with Gasteiger partial charge in [0.1, 0.15) is 0 Å². The van der Waals surface area contributed by atoms with E-state index in [1.54, 1.807) is 13.2 Å². The van der Waals surface area contributed by atoms with E-state index in [0.717, 1.165) is 12.0 Å². The highest BCUT2D eigenvalue weighted by molar-refractivity contribution is 5.30. The van der Waals surface area contributed by atoms with Crippen LogP contribution in [0.4, 0.5) is 4.39 Å². The van der Waals surface area contributed by atoms with Gasteiger partial charge in [0.05, 0.1) is 12.7 Å². The molecule has 2 atom stereocenters. The Bertz CT molecular complexity index is 391. The maximum absolute atomic E-state index is 13.6. The van der Waals surface area contributed by atoms with Crippen LogP contribution in [0, 0.1) is 5.82 Å². The zero-order valence-electron chi connectivity index (χ0n) is 11.5. The average molecular weight is 255 g/mol. The van der Waals surface area contributed by atoms with Gasteiger partial charge in [-0.3, -0.25) is 0 Å². The summed E-state index contributed by atoms with van der Waals surface area (Å²) in [5.74, 6) is -0.116. The number of hydrogen-bond acceptors (Lipinski definition) is 3. The summed E-state index contributed by atoms with van der Waals surface area (Å²) in [6, 6.07) is 4.73. The Morgan fingerprint density at radius 2 is 2.06 bits per heavy atom. The number of ether oxygens (including phenoxy) is 2. The van der Waals surface area contributed by atoms with Crippen LogP contribution >= 0.6 is 0 Å². The smallest absolute Gasteiger partial charge is 0.165 e. The highest BCUT2D eigenvalue weighted by atomic mass is 19.1. The summed E-state index contributed by atoms with van der Waals surface area (Å²) in [6.07, 6.45) is 1.38. The van der Waals surface area contributed by atoms with Gasteiger partial charge < -0.3 is 15.2 Å². The largest absolute Gasteiger partial charge is 0.494 e. The third-order valence-corrected chi connectivity index (χ3v) is 3.62. The molecule has 0 saturated carbocycles. The standard InChI is InChI=1S/C14H22FNO2/c1-5-14(2,18-4)13(16)9-10-6-7-12(17-3)11(15)8-10/h6-8,13H,5,9,16H2,1-4H3. The Kier molecular flexibility index (Phi) is 5.11. The number of nitrogens with two attached hydrogens (primary N) is 1. The van der Waals surface area contributed by atoms with Crippen molar-refractivity contribution in [1.29, 1.82) is 0 Å². The van der Waals surface area contributed by atoms with Gasteiger partial charge in [0, 0.05) is 13.2 Å². The highest BCUT2D eigenvalue weighted by Crippen LogP contribution is 2.23. The van der Waals surface area contributed by atoms with E-state index in [2.05, 4.69) is 0 Å². The lowest BCUT2D eigenvalue weighted by atomic mass is 9.89. The minimum atomic E-state index is -0.392. The number of hydrogen-bond donors (Lipinski definition) is 1. The van der Waals surface area contributed by atoms with Gasteiger partial charge >= 0.3 is 0 Å². The van der Waals surface area contributed by atoms with Crippen LogP contribution in [0.15, 0.2) is 18.2 Å². The van der Waals surface area contributed by atoms with E-state index >= 15 is 0 Å². The fourth-order valence-corrected chi connectivity index (χ4v) is 1.86. The second kappa shape index (κ2) is 6.16. The molecule has 0 fully saturated rings. The summed E-state index contributed by atoms with van der Waals surface area (Å²) < 4.78 is 23.9. The second-order valence-electron chi connectivity index (χ2n) is 4.65. The Balaban J connectivity index is 2.82. The van der Waals surface area contributed by atoms with Crippen molar-refractivity contribution in [2.24, 2.45) is 5.73 Å². The molecule has 2 unspecified atom stereocenters. The summed E-state index contributed by atoms with van der Waals surface area (Å²) >= 11 is 0. The first-order valence-corrected chi connectivity index (χ1v) is 6.10. The zero-order chi connectivity index (χ0) is 13.8. The Morgan fingerprint density at radius 1 is 1.39 bits per heavy atom. The van der Waals surface area contributed by atoms with E-state index in [1.807, 2.05) is 19.9 Å². The molecule has 0 aromatic heterocycles. The first-order chi connectivity index (χ1) is 8.46. The van der Waals surface area contributed by atoms with Crippen molar-refractivity contribution >= 4 is 0 Å². The van der Waals surface area contributed by atoms with E-state index in [-0.39, 0.29) is 17.6 Å². The van der Waals surface area contributed by atoms with Crippen molar-refractivity contribution < 1.29 is 13.9 Å². The molecule has 1 aromatic carbocycles. The fraction of sp³-hybridized carbons (Fsp3) is 0.571.